The lowest BCUT2D eigenvalue weighted by Crippen LogP contribution is -2.10. The second kappa shape index (κ2) is 7.15. The Hall–Kier alpha value is -2.90. The molecule has 8 heteroatoms. The minimum atomic E-state index is -2.99. The lowest BCUT2D eigenvalue weighted by atomic mass is 10.1. The second-order valence-electron chi connectivity index (χ2n) is 5.89. The molecule has 0 fully saturated rings. The van der Waals surface area contributed by atoms with Crippen molar-refractivity contribution in [3.63, 3.8) is 0 Å². The molecule has 0 amide bonds. The van der Waals surface area contributed by atoms with Gasteiger partial charge in [-0.25, -0.2) is 14.4 Å². The Bertz CT molecular complexity index is 906. The van der Waals surface area contributed by atoms with Crippen LogP contribution in [0.3, 0.4) is 0 Å². The summed E-state index contributed by atoms with van der Waals surface area (Å²) in [5, 5.41) is 4.28. The van der Waals surface area contributed by atoms with Gasteiger partial charge in [-0.05, 0) is 32.9 Å². The highest BCUT2D eigenvalue weighted by molar-refractivity contribution is 5.57. The first-order valence-electron chi connectivity index (χ1n) is 7.94. The van der Waals surface area contributed by atoms with E-state index in [-0.39, 0.29) is 5.75 Å². The van der Waals surface area contributed by atoms with Gasteiger partial charge in [-0.1, -0.05) is 6.07 Å². The fourth-order valence-corrected chi connectivity index (χ4v) is 2.71. The molecule has 0 radical (unpaired) electrons. The summed E-state index contributed by atoms with van der Waals surface area (Å²) in [6, 6.07) is 5.07. The summed E-state index contributed by atoms with van der Waals surface area (Å²) >= 11 is 0. The highest BCUT2D eigenvalue weighted by Gasteiger charge is 2.17. The Kier molecular flexibility index (Phi) is 4.92. The van der Waals surface area contributed by atoms with Crippen molar-refractivity contribution < 1.29 is 17.9 Å². The van der Waals surface area contributed by atoms with E-state index in [0.29, 0.717) is 11.4 Å². The van der Waals surface area contributed by atoms with E-state index in [9.17, 15) is 13.2 Å². The zero-order chi connectivity index (χ0) is 18.8. The van der Waals surface area contributed by atoms with Crippen LogP contribution in [0.2, 0.25) is 0 Å². The average Bonchev–Trinajstić information content (AvgIpc) is 3.03. The Morgan fingerprint density at radius 2 is 1.88 bits per heavy atom. The van der Waals surface area contributed by atoms with Gasteiger partial charge in [-0.3, -0.25) is 4.68 Å². The van der Waals surface area contributed by atoms with Gasteiger partial charge in [-0.15, -0.1) is 0 Å². The molecule has 2 heterocycles. The molecule has 0 bridgehead atoms. The van der Waals surface area contributed by atoms with Crippen LogP contribution in [0, 0.1) is 19.7 Å². The molecular weight excluding hydrogens is 345 g/mol. The Morgan fingerprint density at radius 3 is 2.54 bits per heavy atom. The Morgan fingerprint density at radius 1 is 1.12 bits per heavy atom. The van der Waals surface area contributed by atoms with Gasteiger partial charge in [-0.2, -0.15) is 13.9 Å². The van der Waals surface area contributed by atoms with E-state index in [0.717, 1.165) is 23.0 Å². The lowest BCUT2D eigenvalue weighted by Gasteiger charge is -2.14. The summed E-state index contributed by atoms with van der Waals surface area (Å²) in [5.41, 5.74) is 2.67. The molecule has 0 aliphatic rings. The van der Waals surface area contributed by atoms with E-state index in [4.69, 9.17) is 0 Å². The lowest BCUT2D eigenvalue weighted by molar-refractivity contribution is -0.0500. The molecule has 1 aromatic carbocycles. The second-order valence-corrected chi connectivity index (χ2v) is 5.89. The molecule has 26 heavy (non-hydrogen) atoms. The number of ether oxygens (including phenoxy) is 1. The summed E-state index contributed by atoms with van der Waals surface area (Å²) in [6.45, 7) is 2.45. The number of aryl methyl sites for hydroxylation is 2. The largest absolute Gasteiger partial charge is 0.435 e. The van der Waals surface area contributed by atoms with Crippen molar-refractivity contribution in [2.75, 3.05) is 0 Å². The van der Waals surface area contributed by atoms with Crippen LogP contribution in [-0.2, 0) is 0 Å². The van der Waals surface area contributed by atoms with E-state index < -0.39 is 18.5 Å². The van der Waals surface area contributed by atoms with Crippen molar-refractivity contribution >= 4 is 0 Å². The zero-order valence-electron chi connectivity index (χ0n) is 14.4. The first-order chi connectivity index (χ1) is 12.3. The molecule has 0 N–H and O–H groups in total. The van der Waals surface area contributed by atoms with Crippen LogP contribution < -0.4 is 4.74 Å². The van der Waals surface area contributed by atoms with Crippen molar-refractivity contribution in [1.82, 2.24) is 19.7 Å². The third-order valence-electron chi connectivity index (χ3n) is 3.91. The number of aromatic nitrogens is 4. The Labute approximate surface area is 148 Å². The summed E-state index contributed by atoms with van der Waals surface area (Å²) in [7, 11) is 0. The molecule has 0 aliphatic carbocycles. The van der Waals surface area contributed by atoms with E-state index in [1.165, 1.54) is 12.1 Å². The zero-order valence-corrected chi connectivity index (χ0v) is 14.4. The van der Waals surface area contributed by atoms with Crippen molar-refractivity contribution in [2.45, 2.75) is 33.4 Å². The van der Waals surface area contributed by atoms with Crippen molar-refractivity contribution in [2.24, 2.45) is 0 Å². The molecule has 136 valence electrons. The van der Waals surface area contributed by atoms with Gasteiger partial charge in [0.15, 0.2) is 0 Å². The molecule has 2 aromatic heterocycles. The molecular formula is C18H17F3N4O. The molecule has 3 rings (SSSR count). The number of nitrogens with zero attached hydrogens (tertiary/aromatic N) is 4. The van der Waals surface area contributed by atoms with E-state index >= 15 is 0 Å². The summed E-state index contributed by atoms with van der Waals surface area (Å²) in [5.74, 6) is -0.204. The minimum Gasteiger partial charge on any atom is -0.435 e. The van der Waals surface area contributed by atoms with Gasteiger partial charge < -0.3 is 4.74 Å². The molecule has 0 spiro atoms. The van der Waals surface area contributed by atoms with Crippen molar-refractivity contribution in [3.05, 3.63) is 59.6 Å². The first-order valence-corrected chi connectivity index (χ1v) is 7.94. The maximum atomic E-state index is 14.3. The third-order valence-corrected chi connectivity index (χ3v) is 3.91. The van der Waals surface area contributed by atoms with Crippen LogP contribution in [0.5, 0.6) is 5.75 Å². The number of alkyl halides is 2. The van der Waals surface area contributed by atoms with Gasteiger partial charge in [0.25, 0.3) is 0 Å². The van der Waals surface area contributed by atoms with Crippen LogP contribution in [0.4, 0.5) is 13.2 Å². The SMILES string of the molecule is Cc1cc(-c2cnn(C(C)c3ccc(OC(F)F)cc3F)c2)nc(C)n1. The number of hydrogen-bond acceptors (Lipinski definition) is 4. The summed E-state index contributed by atoms with van der Waals surface area (Å²) in [4.78, 5) is 8.62. The number of halogens is 3. The van der Waals surface area contributed by atoms with Gasteiger partial charge in [0.1, 0.15) is 17.4 Å². The van der Waals surface area contributed by atoms with Crippen molar-refractivity contribution in [1.29, 1.82) is 0 Å². The van der Waals surface area contributed by atoms with Gasteiger partial charge in [0, 0.05) is 29.1 Å². The summed E-state index contributed by atoms with van der Waals surface area (Å²) < 4.78 is 44.5. The normalized spacial score (nSPS) is 12.4. The van der Waals surface area contributed by atoms with Crippen molar-refractivity contribution in [3.8, 4) is 17.0 Å². The number of hydrogen-bond donors (Lipinski definition) is 0. The molecule has 0 aliphatic heterocycles. The van der Waals surface area contributed by atoms with E-state index in [1.54, 1.807) is 24.0 Å². The van der Waals surface area contributed by atoms with E-state index in [2.05, 4.69) is 19.8 Å². The quantitative estimate of drug-likeness (QED) is 0.679. The maximum absolute atomic E-state index is 14.3. The standard InChI is InChI=1S/C18H17F3N4O/c1-10-6-17(24-12(3)23-10)13-8-22-25(9-13)11(2)15-5-4-14(7-16(15)19)26-18(20)21/h4-9,11,18H,1-3H3. The first kappa shape index (κ1) is 17.9. The van der Waals surface area contributed by atoms with Crippen LogP contribution in [0.25, 0.3) is 11.3 Å². The molecule has 3 aromatic rings. The van der Waals surface area contributed by atoms with Gasteiger partial charge in [0.05, 0.1) is 17.9 Å². The van der Waals surface area contributed by atoms with E-state index in [1.807, 2.05) is 19.9 Å². The van der Waals surface area contributed by atoms with Crippen LogP contribution in [-0.4, -0.2) is 26.4 Å². The highest BCUT2D eigenvalue weighted by atomic mass is 19.3. The smallest absolute Gasteiger partial charge is 0.387 e. The highest BCUT2D eigenvalue weighted by Crippen LogP contribution is 2.27. The molecule has 0 saturated heterocycles. The predicted molar refractivity (Wildman–Crippen MR) is 89.6 cm³/mol. The van der Waals surface area contributed by atoms with Gasteiger partial charge in [0.2, 0.25) is 0 Å². The number of benzene rings is 1. The topological polar surface area (TPSA) is 52.8 Å². The van der Waals surface area contributed by atoms with Gasteiger partial charge >= 0.3 is 6.61 Å². The average molecular weight is 362 g/mol. The number of rotatable bonds is 5. The monoisotopic (exact) mass is 362 g/mol. The molecule has 0 saturated carbocycles. The van der Waals surface area contributed by atoms with Crippen LogP contribution in [0.15, 0.2) is 36.7 Å². The third kappa shape index (κ3) is 3.84. The predicted octanol–water partition coefficient (Wildman–Crippen LogP) is 4.31. The fraction of sp³-hybridized carbons (Fsp3) is 0.278. The summed E-state index contributed by atoms with van der Waals surface area (Å²) in [6.07, 6.45) is 3.40. The van der Waals surface area contributed by atoms with Crippen LogP contribution in [0.1, 0.15) is 30.0 Å². The molecule has 1 atom stereocenters. The maximum Gasteiger partial charge on any atom is 0.387 e. The minimum absolute atomic E-state index is 0.221. The Balaban J connectivity index is 1.87. The molecule has 1 unspecified atom stereocenters. The van der Waals surface area contributed by atoms with Crippen LogP contribution >= 0.6 is 0 Å². The fourth-order valence-electron chi connectivity index (χ4n) is 2.71. The molecule has 5 nitrogen and oxygen atoms in total.